The molecule has 1 aliphatic heterocycles. The van der Waals surface area contributed by atoms with Crippen molar-refractivity contribution in [2.45, 2.75) is 51.6 Å². The van der Waals surface area contributed by atoms with E-state index in [1.54, 1.807) is 14.2 Å². The molecule has 1 aliphatic rings. The first kappa shape index (κ1) is 21.4. The number of hydrogen-bond donors (Lipinski definition) is 2. The Labute approximate surface area is 163 Å². The molecule has 0 radical (unpaired) electrons. The molecule has 1 saturated heterocycles. The molecule has 0 amide bonds. The normalized spacial score (nSPS) is 17.9. The summed E-state index contributed by atoms with van der Waals surface area (Å²) in [5.74, 6) is 2.92. The van der Waals surface area contributed by atoms with E-state index in [1.165, 1.54) is 5.56 Å². The van der Waals surface area contributed by atoms with Gasteiger partial charge in [0.2, 0.25) is 0 Å². The maximum Gasteiger partial charge on any atom is 0.194 e. The minimum atomic E-state index is -0.722. The summed E-state index contributed by atoms with van der Waals surface area (Å²) in [5.41, 5.74) is 0.503. The molecule has 1 aromatic carbocycles. The molecule has 2 rings (SSSR count). The molecule has 1 atom stereocenters. The van der Waals surface area contributed by atoms with Crippen LogP contribution in [-0.2, 0) is 0 Å². The number of methoxy groups -OCH3 is 2. The summed E-state index contributed by atoms with van der Waals surface area (Å²) in [7, 11) is 3.36. The Balaban J connectivity index is 2.14. The van der Waals surface area contributed by atoms with Crippen LogP contribution in [0.1, 0.15) is 51.5 Å². The molecular weight excluding hydrogens is 342 g/mol. The first-order valence-electron chi connectivity index (χ1n) is 9.97. The average molecular weight is 378 g/mol. The van der Waals surface area contributed by atoms with E-state index in [-0.39, 0.29) is 0 Å². The molecule has 0 bridgehead atoms. The average Bonchev–Trinajstić information content (AvgIpc) is 3.20. The number of benzene rings is 1. The molecule has 1 heterocycles. The van der Waals surface area contributed by atoms with E-state index in [9.17, 15) is 5.11 Å². The van der Waals surface area contributed by atoms with Crippen molar-refractivity contribution in [1.82, 2.24) is 10.2 Å². The van der Waals surface area contributed by atoms with Crippen LogP contribution in [0.3, 0.4) is 0 Å². The summed E-state index contributed by atoms with van der Waals surface area (Å²) < 4.78 is 10.8. The fourth-order valence-corrected chi connectivity index (χ4v) is 3.41. The highest BCUT2D eigenvalue weighted by Gasteiger charge is 2.28. The van der Waals surface area contributed by atoms with Crippen LogP contribution in [0.15, 0.2) is 23.2 Å². The minimum absolute atomic E-state index is 0.397. The van der Waals surface area contributed by atoms with Crippen LogP contribution in [0.25, 0.3) is 0 Å². The highest BCUT2D eigenvalue weighted by atomic mass is 16.5. The first-order chi connectivity index (χ1) is 13.0. The predicted molar refractivity (Wildman–Crippen MR) is 110 cm³/mol. The predicted octanol–water partition coefficient (Wildman–Crippen LogP) is 3.01. The Kier molecular flexibility index (Phi) is 7.78. The highest BCUT2D eigenvalue weighted by Crippen LogP contribution is 2.33. The molecule has 1 aromatic rings. The number of nitrogens with zero attached hydrogens (tertiary/aromatic N) is 2. The summed E-state index contributed by atoms with van der Waals surface area (Å²) in [5, 5.41) is 13.9. The van der Waals surface area contributed by atoms with Crippen molar-refractivity contribution >= 4 is 5.96 Å². The Hall–Kier alpha value is -1.95. The van der Waals surface area contributed by atoms with Crippen molar-refractivity contribution in [2.24, 2.45) is 4.99 Å². The number of ether oxygens (including phenoxy) is 2. The molecule has 0 aliphatic carbocycles. The van der Waals surface area contributed by atoms with Gasteiger partial charge in [-0.25, -0.2) is 0 Å². The first-order valence-corrected chi connectivity index (χ1v) is 9.97. The highest BCUT2D eigenvalue weighted by molar-refractivity contribution is 5.80. The number of hydrogen-bond acceptors (Lipinski definition) is 4. The molecular formula is C21H35N3O3. The third-order valence-corrected chi connectivity index (χ3v) is 5.51. The Morgan fingerprint density at radius 2 is 1.81 bits per heavy atom. The third kappa shape index (κ3) is 5.51. The van der Waals surface area contributed by atoms with Gasteiger partial charge in [0.15, 0.2) is 5.96 Å². The van der Waals surface area contributed by atoms with Crippen LogP contribution >= 0.6 is 0 Å². The summed E-state index contributed by atoms with van der Waals surface area (Å²) in [6.45, 7) is 9.15. The van der Waals surface area contributed by atoms with E-state index in [2.05, 4.69) is 29.3 Å². The van der Waals surface area contributed by atoms with Crippen LogP contribution in [0.2, 0.25) is 0 Å². The molecule has 0 saturated carbocycles. The second kappa shape index (κ2) is 9.83. The van der Waals surface area contributed by atoms with E-state index < -0.39 is 5.60 Å². The van der Waals surface area contributed by atoms with Crippen LogP contribution < -0.4 is 14.8 Å². The van der Waals surface area contributed by atoms with Gasteiger partial charge in [-0.3, -0.25) is 4.99 Å². The van der Waals surface area contributed by atoms with Gasteiger partial charge in [-0.05, 0) is 43.9 Å². The van der Waals surface area contributed by atoms with Gasteiger partial charge in [0.25, 0.3) is 0 Å². The molecule has 1 unspecified atom stereocenters. The monoisotopic (exact) mass is 377 g/mol. The van der Waals surface area contributed by atoms with Crippen molar-refractivity contribution in [2.75, 3.05) is 40.4 Å². The van der Waals surface area contributed by atoms with Crippen LogP contribution in [0.5, 0.6) is 11.5 Å². The fraction of sp³-hybridized carbons (Fsp3) is 0.667. The summed E-state index contributed by atoms with van der Waals surface area (Å²) in [4.78, 5) is 7.02. The molecule has 2 N–H and O–H groups in total. The lowest BCUT2D eigenvalue weighted by Crippen LogP contribution is -2.41. The van der Waals surface area contributed by atoms with Crippen LogP contribution in [0.4, 0.5) is 0 Å². The molecule has 1 fully saturated rings. The third-order valence-electron chi connectivity index (χ3n) is 5.51. The van der Waals surface area contributed by atoms with Gasteiger partial charge in [0.05, 0.1) is 26.4 Å². The van der Waals surface area contributed by atoms with E-state index in [1.807, 2.05) is 19.9 Å². The quantitative estimate of drug-likeness (QED) is 0.538. The Bertz CT molecular complexity index is 607. The fourth-order valence-electron chi connectivity index (χ4n) is 3.41. The maximum atomic E-state index is 10.6. The van der Waals surface area contributed by atoms with Gasteiger partial charge in [-0.1, -0.05) is 13.8 Å². The van der Waals surface area contributed by atoms with Gasteiger partial charge in [0.1, 0.15) is 11.5 Å². The van der Waals surface area contributed by atoms with E-state index in [0.717, 1.165) is 43.5 Å². The van der Waals surface area contributed by atoms with Gasteiger partial charge in [0, 0.05) is 31.6 Å². The van der Waals surface area contributed by atoms with Gasteiger partial charge < -0.3 is 24.8 Å². The van der Waals surface area contributed by atoms with Crippen LogP contribution in [0, 0.1) is 0 Å². The second-order valence-electron chi connectivity index (χ2n) is 7.18. The molecule has 27 heavy (non-hydrogen) atoms. The van der Waals surface area contributed by atoms with Crippen LogP contribution in [-0.4, -0.2) is 62.0 Å². The zero-order valence-corrected chi connectivity index (χ0v) is 17.4. The number of aliphatic imine (C=N–C) groups is 1. The van der Waals surface area contributed by atoms with E-state index in [4.69, 9.17) is 14.5 Å². The molecule has 0 aromatic heterocycles. The molecule has 0 spiro atoms. The zero-order chi connectivity index (χ0) is 19.9. The van der Waals surface area contributed by atoms with Crippen molar-refractivity contribution in [3.8, 4) is 11.5 Å². The molecule has 152 valence electrons. The van der Waals surface area contributed by atoms with Crippen molar-refractivity contribution in [3.63, 3.8) is 0 Å². The number of nitrogens with one attached hydrogen (secondary N) is 1. The standard InChI is InChI=1S/C21H35N3O3/c1-6-21(25,7-2)15-23-20(22-8-3)24-10-9-16(14-24)17-11-18(26-4)13-19(12-17)27-5/h11-13,16,25H,6-10,14-15H2,1-5H3,(H,22,23). The van der Waals surface area contributed by atoms with Gasteiger partial charge in [-0.2, -0.15) is 0 Å². The van der Waals surface area contributed by atoms with Crippen molar-refractivity contribution in [3.05, 3.63) is 23.8 Å². The number of rotatable bonds is 8. The maximum absolute atomic E-state index is 10.6. The largest absolute Gasteiger partial charge is 0.497 e. The molecule has 6 heteroatoms. The number of aliphatic hydroxyl groups is 1. The molecule has 6 nitrogen and oxygen atoms in total. The van der Waals surface area contributed by atoms with Crippen molar-refractivity contribution in [1.29, 1.82) is 0 Å². The second-order valence-corrected chi connectivity index (χ2v) is 7.18. The van der Waals surface area contributed by atoms with Gasteiger partial charge in [-0.15, -0.1) is 0 Å². The number of likely N-dealkylation sites (tertiary alicyclic amines) is 1. The van der Waals surface area contributed by atoms with Gasteiger partial charge >= 0.3 is 0 Å². The Morgan fingerprint density at radius 1 is 1.19 bits per heavy atom. The van der Waals surface area contributed by atoms with E-state index >= 15 is 0 Å². The zero-order valence-electron chi connectivity index (χ0n) is 17.4. The summed E-state index contributed by atoms with van der Waals surface area (Å²) in [6, 6.07) is 6.08. The lowest BCUT2D eigenvalue weighted by molar-refractivity contribution is 0.0416. The lowest BCUT2D eigenvalue weighted by Gasteiger charge is -2.26. The lowest BCUT2D eigenvalue weighted by atomic mass is 9.98. The summed E-state index contributed by atoms with van der Waals surface area (Å²) >= 11 is 0. The SMILES string of the molecule is CCNC(=NCC(O)(CC)CC)N1CCC(c2cc(OC)cc(OC)c2)C1. The minimum Gasteiger partial charge on any atom is -0.497 e. The topological polar surface area (TPSA) is 66.3 Å². The number of guanidine groups is 1. The Morgan fingerprint density at radius 3 is 2.33 bits per heavy atom. The summed E-state index contributed by atoms with van der Waals surface area (Å²) in [6.07, 6.45) is 2.46. The smallest absolute Gasteiger partial charge is 0.194 e. The van der Waals surface area contributed by atoms with E-state index in [0.29, 0.717) is 25.3 Å². The van der Waals surface area contributed by atoms with Crippen molar-refractivity contribution < 1.29 is 14.6 Å².